The summed E-state index contributed by atoms with van der Waals surface area (Å²) in [7, 11) is 0. The Morgan fingerprint density at radius 2 is 1.64 bits per heavy atom. The van der Waals surface area contributed by atoms with E-state index in [2.05, 4.69) is 15.8 Å². The summed E-state index contributed by atoms with van der Waals surface area (Å²) in [4.78, 5) is 23.6. The van der Waals surface area contributed by atoms with E-state index in [0.29, 0.717) is 32.3 Å². The SMILES string of the molecule is O=C(N/N=C/c1ccc(-c2ccc(Cl)c(Cl)c2)o1)C(=O)Nc1ccc(Cl)cc1. The van der Waals surface area contributed by atoms with Crippen LogP contribution in [0.25, 0.3) is 11.3 Å². The Morgan fingerprint density at radius 3 is 2.36 bits per heavy atom. The molecule has 0 unspecified atom stereocenters. The van der Waals surface area contributed by atoms with Crippen LogP contribution in [0, 0.1) is 0 Å². The fourth-order valence-corrected chi connectivity index (χ4v) is 2.58. The molecule has 2 N–H and O–H groups in total. The molecule has 0 fully saturated rings. The third kappa shape index (κ3) is 5.13. The minimum Gasteiger partial charge on any atom is -0.455 e. The number of nitrogens with one attached hydrogen (secondary N) is 2. The van der Waals surface area contributed by atoms with Crippen LogP contribution in [0.2, 0.25) is 15.1 Å². The Morgan fingerprint density at radius 1 is 0.893 bits per heavy atom. The number of furan rings is 1. The van der Waals surface area contributed by atoms with Gasteiger partial charge in [-0.2, -0.15) is 5.10 Å². The molecule has 1 aromatic heterocycles. The zero-order chi connectivity index (χ0) is 20.1. The Balaban J connectivity index is 1.57. The van der Waals surface area contributed by atoms with Crippen LogP contribution in [0.1, 0.15) is 5.76 Å². The van der Waals surface area contributed by atoms with Gasteiger partial charge in [0, 0.05) is 16.3 Å². The first kappa shape index (κ1) is 19.9. The Bertz CT molecular complexity index is 1050. The lowest BCUT2D eigenvalue weighted by molar-refractivity contribution is -0.136. The summed E-state index contributed by atoms with van der Waals surface area (Å²) in [6.07, 6.45) is 1.27. The number of hydrogen-bond acceptors (Lipinski definition) is 4. The van der Waals surface area contributed by atoms with E-state index >= 15 is 0 Å². The third-order valence-corrected chi connectivity index (χ3v) is 4.49. The molecule has 9 heteroatoms. The van der Waals surface area contributed by atoms with Gasteiger partial charge >= 0.3 is 11.8 Å². The van der Waals surface area contributed by atoms with Gasteiger partial charge in [0.25, 0.3) is 0 Å². The molecule has 0 bridgehead atoms. The topological polar surface area (TPSA) is 83.7 Å². The first-order chi connectivity index (χ1) is 13.4. The van der Waals surface area contributed by atoms with Gasteiger partial charge in [-0.25, -0.2) is 5.43 Å². The van der Waals surface area contributed by atoms with Crippen LogP contribution < -0.4 is 10.7 Å². The molecule has 3 aromatic rings. The van der Waals surface area contributed by atoms with Gasteiger partial charge in [-0.3, -0.25) is 9.59 Å². The van der Waals surface area contributed by atoms with Crippen molar-refractivity contribution in [1.29, 1.82) is 0 Å². The number of nitrogens with zero attached hydrogens (tertiary/aromatic N) is 1. The Hall–Kier alpha value is -2.80. The number of carbonyl (C=O) groups excluding carboxylic acids is 2. The molecule has 2 aromatic carbocycles. The van der Waals surface area contributed by atoms with Crippen molar-refractivity contribution in [2.45, 2.75) is 0 Å². The molecule has 0 saturated heterocycles. The lowest BCUT2D eigenvalue weighted by atomic mass is 10.2. The molecule has 0 radical (unpaired) electrons. The molecule has 2 amide bonds. The molecule has 142 valence electrons. The number of anilines is 1. The standard InChI is InChI=1S/C19H12Cl3N3O3/c20-12-2-4-13(5-3-12)24-18(26)19(27)25-23-10-14-6-8-17(28-14)11-1-7-15(21)16(22)9-11/h1-10H,(H,24,26)(H,25,27)/b23-10+. The summed E-state index contributed by atoms with van der Waals surface area (Å²) < 4.78 is 5.60. The van der Waals surface area contributed by atoms with Crippen molar-refractivity contribution in [2.24, 2.45) is 5.10 Å². The molecule has 0 aliphatic heterocycles. The first-order valence-corrected chi connectivity index (χ1v) is 9.01. The van der Waals surface area contributed by atoms with Gasteiger partial charge < -0.3 is 9.73 Å². The molecule has 0 aliphatic rings. The summed E-state index contributed by atoms with van der Waals surface area (Å²) >= 11 is 17.6. The van der Waals surface area contributed by atoms with E-state index in [-0.39, 0.29) is 0 Å². The van der Waals surface area contributed by atoms with Crippen molar-refractivity contribution in [1.82, 2.24) is 5.43 Å². The number of hydrazone groups is 1. The summed E-state index contributed by atoms with van der Waals surface area (Å²) in [6.45, 7) is 0. The van der Waals surface area contributed by atoms with Crippen molar-refractivity contribution in [3.05, 3.63) is 75.4 Å². The second kappa shape index (κ2) is 8.93. The molecule has 0 aliphatic carbocycles. The number of benzene rings is 2. The zero-order valence-corrected chi connectivity index (χ0v) is 16.3. The number of carbonyl (C=O) groups is 2. The predicted molar refractivity (Wildman–Crippen MR) is 110 cm³/mol. The highest BCUT2D eigenvalue weighted by molar-refractivity contribution is 6.42. The average molecular weight is 437 g/mol. The number of amides is 2. The summed E-state index contributed by atoms with van der Waals surface area (Å²) in [5, 5.41) is 7.50. The highest BCUT2D eigenvalue weighted by Crippen LogP contribution is 2.29. The fraction of sp³-hybridized carbons (Fsp3) is 0. The van der Waals surface area contributed by atoms with Crippen LogP contribution in [-0.2, 0) is 9.59 Å². The van der Waals surface area contributed by atoms with E-state index in [4.69, 9.17) is 39.2 Å². The second-order valence-corrected chi connectivity index (χ2v) is 6.74. The van der Waals surface area contributed by atoms with Crippen LogP contribution in [0.4, 0.5) is 5.69 Å². The van der Waals surface area contributed by atoms with E-state index in [1.807, 2.05) is 0 Å². The monoisotopic (exact) mass is 435 g/mol. The maximum absolute atomic E-state index is 11.8. The first-order valence-electron chi connectivity index (χ1n) is 7.87. The van der Waals surface area contributed by atoms with E-state index in [9.17, 15) is 9.59 Å². The Labute approximate surface area is 175 Å². The highest BCUT2D eigenvalue weighted by Gasteiger charge is 2.13. The van der Waals surface area contributed by atoms with Crippen LogP contribution >= 0.6 is 34.8 Å². The summed E-state index contributed by atoms with van der Waals surface area (Å²) in [5.41, 5.74) is 3.29. The Kier molecular flexibility index (Phi) is 6.36. The van der Waals surface area contributed by atoms with Crippen molar-refractivity contribution >= 4 is 58.5 Å². The largest absolute Gasteiger partial charge is 0.455 e. The maximum atomic E-state index is 11.8. The van der Waals surface area contributed by atoms with E-state index in [0.717, 1.165) is 5.56 Å². The minimum absolute atomic E-state index is 0.375. The van der Waals surface area contributed by atoms with Gasteiger partial charge in [-0.15, -0.1) is 0 Å². The maximum Gasteiger partial charge on any atom is 0.329 e. The van der Waals surface area contributed by atoms with E-state index in [1.54, 1.807) is 54.6 Å². The van der Waals surface area contributed by atoms with Gasteiger partial charge in [0.2, 0.25) is 0 Å². The molecule has 0 spiro atoms. The van der Waals surface area contributed by atoms with Crippen LogP contribution in [-0.4, -0.2) is 18.0 Å². The molecular formula is C19H12Cl3N3O3. The fourth-order valence-electron chi connectivity index (χ4n) is 2.15. The third-order valence-electron chi connectivity index (χ3n) is 3.50. The average Bonchev–Trinajstić information content (AvgIpc) is 3.14. The molecule has 0 saturated carbocycles. The molecule has 28 heavy (non-hydrogen) atoms. The lowest BCUT2D eigenvalue weighted by Gasteiger charge is -2.03. The molecule has 3 rings (SSSR count). The second-order valence-electron chi connectivity index (χ2n) is 5.49. The lowest BCUT2D eigenvalue weighted by Crippen LogP contribution is -2.32. The van der Waals surface area contributed by atoms with E-state index < -0.39 is 11.8 Å². The van der Waals surface area contributed by atoms with Crippen molar-refractivity contribution in [2.75, 3.05) is 5.32 Å². The van der Waals surface area contributed by atoms with Gasteiger partial charge in [0.1, 0.15) is 11.5 Å². The van der Waals surface area contributed by atoms with Crippen molar-refractivity contribution in [3.63, 3.8) is 0 Å². The van der Waals surface area contributed by atoms with Gasteiger partial charge in [-0.05, 0) is 54.6 Å². The number of halogens is 3. The molecule has 0 atom stereocenters. The smallest absolute Gasteiger partial charge is 0.329 e. The molecule has 6 nitrogen and oxygen atoms in total. The normalized spacial score (nSPS) is 10.8. The predicted octanol–water partition coefficient (Wildman–Crippen LogP) is 5.00. The molecule has 1 heterocycles. The highest BCUT2D eigenvalue weighted by atomic mass is 35.5. The van der Waals surface area contributed by atoms with Crippen LogP contribution in [0.15, 0.2) is 64.1 Å². The van der Waals surface area contributed by atoms with E-state index in [1.165, 1.54) is 6.21 Å². The number of hydrogen-bond donors (Lipinski definition) is 2. The zero-order valence-electron chi connectivity index (χ0n) is 14.1. The minimum atomic E-state index is -0.928. The van der Waals surface area contributed by atoms with Crippen molar-refractivity contribution in [3.8, 4) is 11.3 Å². The van der Waals surface area contributed by atoms with Gasteiger partial charge in [0.05, 0.1) is 16.3 Å². The molecular weight excluding hydrogens is 425 g/mol. The van der Waals surface area contributed by atoms with Crippen molar-refractivity contribution < 1.29 is 14.0 Å². The van der Waals surface area contributed by atoms with Crippen LogP contribution in [0.5, 0.6) is 0 Å². The summed E-state index contributed by atoms with van der Waals surface area (Å²) in [5.74, 6) is -0.871. The van der Waals surface area contributed by atoms with Crippen LogP contribution in [0.3, 0.4) is 0 Å². The summed E-state index contributed by atoms with van der Waals surface area (Å²) in [6, 6.07) is 14.8. The van der Waals surface area contributed by atoms with Gasteiger partial charge in [-0.1, -0.05) is 34.8 Å². The number of rotatable bonds is 4. The van der Waals surface area contributed by atoms with Gasteiger partial charge in [0.15, 0.2) is 0 Å². The quantitative estimate of drug-likeness (QED) is 0.343.